The summed E-state index contributed by atoms with van der Waals surface area (Å²) >= 11 is 0. The SMILES string of the molecule is CCOC(=O)c1cnc(C)c(N2CC(CO)CC2=O)c1. The monoisotopic (exact) mass is 278 g/mol. The highest BCUT2D eigenvalue weighted by Gasteiger charge is 2.31. The van der Waals surface area contributed by atoms with E-state index in [0.717, 1.165) is 0 Å². The van der Waals surface area contributed by atoms with Gasteiger partial charge in [0.1, 0.15) is 0 Å². The molecule has 1 amide bonds. The second-order valence-corrected chi connectivity index (χ2v) is 4.81. The van der Waals surface area contributed by atoms with Gasteiger partial charge in [-0.05, 0) is 19.9 Å². The van der Waals surface area contributed by atoms with E-state index in [1.807, 2.05) is 0 Å². The number of pyridine rings is 1. The van der Waals surface area contributed by atoms with Crippen molar-refractivity contribution < 1.29 is 19.4 Å². The normalized spacial score (nSPS) is 18.4. The molecule has 0 radical (unpaired) electrons. The number of nitrogens with zero attached hydrogens (tertiary/aromatic N) is 2. The Bertz CT molecular complexity index is 530. The van der Waals surface area contributed by atoms with E-state index < -0.39 is 5.97 Å². The molecular weight excluding hydrogens is 260 g/mol. The van der Waals surface area contributed by atoms with Crippen LogP contribution in [0.15, 0.2) is 12.3 Å². The molecule has 0 aliphatic carbocycles. The third kappa shape index (κ3) is 2.80. The fourth-order valence-corrected chi connectivity index (χ4v) is 2.26. The molecule has 6 heteroatoms. The topological polar surface area (TPSA) is 79.7 Å². The Balaban J connectivity index is 2.29. The molecule has 6 nitrogen and oxygen atoms in total. The standard InChI is InChI=1S/C14H18N2O4/c1-3-20-14(19)11-5-12(9(2)15-6-11)16-7-10(8-17)4-13(16)18/h5-6,10,17H,3-4,7-8H2,1-2H3. The number of hydrogen-bond acceptors (Lipinski definition) is 5. The first-order chi connectivity index (χ1) is 9.56. The van der Waals surface area contributed by atoms with Crippen molar-refractivity contribution >= 4 is 17.6 Å². The molecule has 2 heterocycles. The van der Waals surface area contributed by atoms with Gasteiger partial charge in [-0.15, -0.1) is 0 Å². The Labute approximate surface area is 117 Å². The molecular formula is C14H18N2O4. The summed E-state index contributed by atoms with van der Waals surface area (Å²) in [6.07, 6.45) is 1.76. The Morgan fingerprint density at radius 1 is 1.60 bits per heavy atom. The zero-order valence-corrected chi connectivity index (χ0v) is 11.6. The molecule has 0 bridgehead atoms. The van der Waals surface area contributed by atoms with Crippen LogP contribution < -0.4 is 4.90 Å². The number of ether oxygens (including phenoxy) is 1. The van der Waals surface area contributed by atoms with Crippen LogP contribution in [0.4, 0.5) is 5.69 Å². The molecule has 0 aromatic carbocycles. The highest BCUT2D eigenvalue weighted by molar-refractivity contribution is 5.98. The van der Waals surface area contributed by atoms with E-state index in [9.17, 15) is 9.59 Å². The van der Waals surface area contributed by atoms with Crippen molar-refractivity contribution in [3.8, 4) is 0 Å². The van der Waals surface area contributed by atoms with Crippen molar-refractivity contribution in [3.05, 3.63) is 23.5 Å². The summed E-state index contributed by atoms with van der Waals surface area (Å²) in [6, 6.07) is 1.62. The molecule has 0 saturated carbocycles. The van der Waals surface area contributed by atoms with Crippen molar-refractivity contribution in [2.45, 2.75) is 20.3 Å². The summed E-state index contributed by atoms with van der Waals surface area (Å²) in [5.74, 6) is -0.574. The quantitative estimate of drug-likeness (QED) is 0.828. The number of aromatic nitrogens is 1. The zero-order valence-electron chi connectivity index (χ0n) is 11.6. The van der Waals surface area contributed by atoms with E-state index in [2.05, 4.69) is 4.98 Å². The minimum absolute atomic E-state index is 0.0215. The number of carbonyl (C=O) groups is 2. The second kappa shape index (κ2) is 6.00. The molecule has 108 valence electrons. The number of carbonyl (C=O) groups excluding carboxylic acids is 2. The number of esters is 1. The molecule has 20 heavy (non-hydrogen) atoms. The lowest BCUT2D eigenvalue weighted by molar-refractivity contribution is -0.117. The van der Waals surface area contributed by atoms with Gasteiger partial charge in [0, 0.05) is 31.7 Å². The number of aryl methyl sites for hydroxylation is 1. The Morgan fingerprint density at radius 3 is 2.95 bits per heavy atom. The number of aliphatic hydroxyl groups is 1. The lowest BCUT2D eigenvalue weighted by Gasteiger charge is -2.19. The fourth-order valence-electron chi connectivity index (χ4n) is 2.26. The van der Waals surface area contributed by atoms with Crippen molar-refractivity contribution in [2.24, 2.45) is 5.92 Å². The number of hydrogen-bond donors (Lipinski definition) is 1. The average Bonchev–Trinajstić information content (AvgIpc) is 2.81. The molecule has 1 aliphatic rings. The van der Waals surface area contributed by atoms with Crippen LogP contribution in [0.1, 0.15) is 29.4 Å². The van der Waals surface area contributed by atoms with Crippen LogP contribution in [0.2, 0.25) is 0 Å². The minimum Gasteiger partial charge on any atom is -0.462 e. The molecule has 1 aromatic rings. The van der Waals surface area contributed by atoms with Crippen LogP contribution in [-0.2, 0) is 9.53 Å². The van der Waals surface area contributed by atoms with Crippen LogP contribution in [-0.4, -0.2) is 41.7 Å². The Hall–Kier alpha value is -1.95. The Morgan fingerprint density at radius 2 is 2.35 bits per heavy atom. The third-order valence-electron chi connectivity index (χ3n) is 3.33. The molecule has 1 unspecified atom stereocenters. The summed E-state index contributed by atoms with van der Waals surface area (Å²) in [4.78, 5) is 29.4. The third-order valence-corrected chi connectivity index (χ3v) is 3.33. The van der Waals surface area contributed by atoms with Gasteiger partial charge in [0.2, 0.25) is 5.91 Å². The summed E-state index contributed by atoms with van der Waals surface area (Å²) in [5, 5.41) is 9.16. The molecule has 1 N–H and O–H groups in total. The fraction of sp³-hybridized carbons (Fsp3) is 0.500. The molecule has 1 fully saturated rings. The lowest BCUT2D eigenvalue weighted by Crippen LogP contribution is -2.26. The molecule has 1 aromatic heterocycles. The summed E-state index contributed by atoms with van der Waals surface area (Å²) < 4.78 is 4.93. The highest BCUT2D eigenvalue weighted by Crippen LogP contribution is 2.27. The maximum Gasteiger partial charge on any atom is 0.339 e. The lowest BCUT2D eigenvalue weighted by atomic mass is 10.1. The summed E-state index contributed by atoms with van der Waals surface area (Å²) in [5.41, 5.74) is 1.61. The summed E-state index contributed by atoms with van der Waals surface area (Å²) in [7, 11) is 0. The van der Waals surface area contributed by atoms with Crippen molar-refractivity contribution in [2.75, 3.05) is 24.7 Å². The van der Waals surface area contributed by atoms with E-state index in [0.29, 0.717) is 29.9 Å². The van der Waals surface area contributed by atoms with Gasteiger partial charge in [-0.3, -0.25) is 9.78 Å². The number of amides is 1. The number of rotatable bonds is 4. The van der Waals surface area contributed by atoms with Gasteiger partial charge in [-0.25, -0.2) is 4.79 Å². The van der Waals surface area contributed by atoms with E-state index in [4.69, 9.17) is 9.84 Å². The zero-order chi connectivity index (χ0) is 14.7. The van der Waals surface area contributed by atoms with E-state index >= 15 is 0 Å². The highest BCUT2D eigenvalue weighted by atomic mass is 16.5. The minimum atomic E-state index is -0.452. The van der Waals surface area contributed by atoms with Crippen LogP contribution in [0.3, 0.4) is 0 Å². The van der Waals surface area contributed by atoms with Gasteiger partial charge >= 0.3 is 5.97 Å². The van der Waals surface area contributed by atoms with Crippen LogP contribution in [0, 0.1) is 12.8 Å². The average molecular weight is 278 g/mol. The maximum atomic E-state index is 12.0. The molecule has 2 rings (SSSR count). The van der Waals surface area contributed by atoms with Crippen LogP contribution in [0.25, 0.3) is 0 Å². The second-order valence-electron chi connectivity index (χ2n) is 4.81. The van der Waals surface area contributed by atoms with Crippen molar-refractivity contribution in [3.63, 3.8) is 0 Å². The van der Waals surface area contributed by atoms with Crippen LogP contribution in [0.5, 0.6) is 0 Å². The molecule has 1 aliphatic heterocycles. The number of anilines is 1. The largest absolute Gasteiger partial charge is 0.462 e. The van der Waals surface area contributed by atoms with Gasteiger partial charge < -0.3 is 14.7 Å². The number of aliphatic hydroxyl groups excluding tert-OH is 1. The van der Waals surface area contributed by atoms with E-state index in [-0.39, 0.29) is 25.0 Å². The predicted molar refractivity (Wildman–Crippen MR) is 72.5 cm³/mol. The van der Waals surface area contributed by atoms with Gasteiger partial charge in [-0.1, -0.05) is 0 Å². The van der Waals surface area contributed by atoms with Crippen molar-refractivity contribution in [1.82, 2.24) is 4.98 Å². The van der Waals surface area contributed by atoms with E-state index in [1.54, 1.807) is 24.8 Å². The predicted octanol–water partition coefficient (Wildman–Crippen LogP) is 0.912. The smallest absolute Gasteiger partial charge is 0.339 e. The van der Waals surface area contributed by atoms with Gasteiger partial charge in [0.05, 0.1) is 23.6 Å². The molecule has 1 atom stereocenters. The first kappa shape index (κ1) is 14.5. The first-order valence-electron chi connectivity index (χ1n) is 6.61. The molecule has 1 saturated heterocycles. The maximum absolute atomic E-state index is 12.0. The summed E-state index contributed by atoms with van der Waals surface area (Å²) in [6.45, 7) is 4.23. The van der Waals surface area contributed by atoms with Crippen LogP contribution >= 0.6 is 0 Å². The van der Waals surface area contributed by atoms with E-state index in [1.165, 1.54) is 6.20 Å². The Kier molecular flexibility index (Phi) is 4.34. The van der Waals surface area contributed by atoms with Gasteiger partial charge in [0.15, 0.2) is 0 Å². The van der Waals surface area contributed by atoms with Crippen molar-refractivity contribution in [1.29, 1.82) is 0 Å². The first-order valence-corrected chi connectivity index (χ1v) is 6.61. The van der Waals surface area contributed by atoms with Gasteiger partial charge in [-0.2, -0.15) is 0 Å². The molecule has 0 spiro atoms. The van der Waals surface area contributed by atoms with Gasteiger partial charge in [0.25, 0.3) is 0 Å².